The number of Topliss-reactive ketones (excluding diaryl/α,β-unsaturated/α-hetero) is 1. The fourth-order valence-electron chi connectivity index (χ4n) is 1.38. The molecule has 2 rings (SSSR count). The van der Waals surface area contributed by atoms with Crippen LogP contribution in [0.3, 0.4) is 0 Å². The van der Waals surface area contributed by atoms with Crippen molar-refractivity contribution in [3.05, 3.63) is 44.5 Å². The monoisotopic (exact) mass is 330 g/mol. The summed E-state index contributed by atoms with van der Waals surface area (Å²) in [6.45, 7) is 0.606. The summed E-state index contributed by atoms with van der Waals surface area (Å²) in [4.78, 5) is 11.9. The van der Waals surface area contributed by atoms with Crippen LogP contribution in [0.4, 0.5) is 0 Å². The zero-order valence-electron chi connectivity index (χ0n) is 7.80. The van der Waals surface area contributed by atoms with Gasteiger partial charge in [0.1, 0.15) is 0 Å². The molecule has 1 heterocycles. The Hall–Kier alpha value is -0.610. The molecule has 0 aliphatic carbocycles. The molecular weight excluding hydrogens is 324 g/mol. The van der Waals surface area contributed by atoms with Gasteiger partial charge in [0, 0.05) is 20.9 Å². The molecule has 0 N–H and O–H groups in total. The van der Waals surface area contributed by atoms with E-state index in [0.717, 1.165) is 15.4 Å². The molecule has 1 aromatic carbocycles. The highest BCUT2D eigenvalue weighted by molar-refractivity contribution is 9.11. The number of hydrogen-bond donors (Lipinski definition) is 0. The van der Waals surface area contributed by atoms with Gasteiger partial charge in [-0.3, -0.25) is 4.79 Å². The van der Waals surface area contributed by atoms with Gasteiger partial charge in [0.2, 0.25) is 5.78 Å². The molecule has 0 aromatic heterocycles. The smallest absolute Gasteiger partial charge is 0.228 e. The van der Waals surface area contributed by atoms with Crippen LogP contribution in [-0.2, 0) is 4.74 Å². The number of rotatable bonds is 2. The molecule has 0 radical (unpaired) electrons. The van der Waals surface area contributed by atoms with Gasteiger partial charge in [-0.1, -0.05) is 15.9 Å². The average molecular weight is 332 g/mol. The molecule has 15 heavy (non-hydrogen) atoms. The van der Waals surface area contributed by atoms with Gasteiger partial charge in [-0.05, 0) is 40.2 Å². The summed E-state index contributed by atoms with van der Waals surface area (Å²) >= 11 is 6.70. The number of ether oxygens (including phenoxy) is 1. The lowest BCUT2D eigenvalue weighted by molar-refractivity contribution is 0.0941. The Kier molecular flexibility index (Phi) is 3.26. The fourth-order valence-corrected chi connectivity index (χ4v) is 2.61. The van der Waals surface area contributed by atoms with E-state index in [1.807, 2.05) is 18.2 Å². The quantitative estimate of drug-likeness (QED) is 0.772. The summed E-state index contributed by atoms with van der Waals surface area (Å²) < 4.78 is 6.95. The molecular formula is C11H8Br2O2. The Labute approximate surface area is 105 Å². The minimum atomic E-state index is -0.0631. The lowest BCUT2D eigenvalue weighted by Crippen LogP contribution is -2.04. The van der Waals surface area contributed by atoms with Gasteiger partial charge < -0.3 is 4.74 Å². The van der Waals surface area contributed by atoms with Crippen LogP contribution in [-0.4, -0.2) is 12.4 Å². The first kappa shape index (κ1) is 10.9. The summed E-state index contributed by atoms with van der Waals surface area (Å²) in [5, 5.41) is 0. The Balaban J connectivity index is 2.33. The molecule has 1 aliphatic heterocycles. The van der Waals surface area contributed by atoms with Crippen molar-refractivity contribution in [2.45, 2.75) is 6.42 Å². The fraction of sp³-hybridized carbons (Fsp3) is 0.182. The van der Waals surface area contributed by atoms with Crippen molar-refractivity contribution in [1.29, 1.82) is 0 Å². The van der Waals surface area contributed by atoms with Crippen LogP contribution in [0.25, 0.3) is 0 Å². The van der Waals surface area contributed by atoms with Gasteiger partial charge in [-0.15, -0.1) is 0 Å². The van der Waals surface area contributed by atoms with Crippen molar-refractivity contribution in [3.8, 4) is 0 Å². The van der Waals surface area contributed by atoms with Crippen molar-refractivity contribution in [1.82, 2.24) is 0 Å². The van der Waals surface area contributed by atoms with Crippen LogP contribution in [0, 0.1) is 0 Å². The topological polar surface area (TPSA) is 26.3 Å². The van der Waals surface area contributed by atoms with E-state index >= 15 is 0 Å². The predicted molar refractivity (Wildman–Crippen MR) is 64.8 cm³/mol. The van der Waals surface area contributed by atoms with Gasteiger partial charge in [0.05, 0.1) is 6.61 Å². The second-order valence-corrected chi connectivity index (χ2v) is 4.93. The van der Waals surface area contributed by atoms with Crippen molar-refractivity contribution >= 4 is 37.6 Å². The highest BCUT2D eigenvalue weighted by Gasteiger charge is 2.19. The lowest BCUT2D eigenvalue weighted by atomic mass is 10.1. The minimum absolute atomic E-state index is 0.0631. The maximum atomic E-state index is 11.9. The van der Waals surface area contributed by atoms with E-state index < -0.39 is 0 Å². The molecule has 1 aliphatic rings. The second kappa shape index (κ2) is 4.49. The minimum Gasteiger partial charge on any atom is -0.489 e. The van der Waals surface area contributed by atoms with Crippen molar-refractivity contribution < 1.29 is 9.53 Å². The first-order valence-electron chi connectivity index (χ1n) is 4.51. The molecule has 1 aromatic rings. The summed E-state index contributed by atoms with van der Waals surface area (Å²) in [5.74, 6) is 0.393. The molecule has 0 amide bonds. The first-order chi connectivity index (χ1) is 7.18. The number of benzene rings is 1. The van der Waals surface area contributed by atoms with Crippen molar-refractivity contribution in [3.63, 3.8) is 0 Å². The number of allylic oxidation sites excluding steroid dienone is 1. The van der Waals surface area contributed by atoms with Gasteiger partial charge in [-0.2, -0.15) is 0 Å². The third-order valence-corrected chi connectivity index (χ3v) is 3.25. The van der Waals surface area contributed by atoms with E-state index in [9.17, 15) is 4.79 Å². The van der Waals surface area contributed by atoms with Gasteiger partial charge in [0.25, 0.3) is 0 Å². The number of hydrogen-bond acceptors (Lipinski definition) is 2. The summed E-state index contributed by atoms with van der Waals surface area (Å²) in [6, 6.07) is 5.47. The molecule has 0 saturated heterocycles. The first-order valence-corrected chi connectivity index (χ1v) is 6.10. The van der Waals surface area contributed by atoms with Crippen LogP contribution in [0.2, 0.25) is 0 Å². The van der Waals surface area contributed by atoms with Crippen LogP contribution >= 0.6 is 31.9 Å². The SMILES string of the molecule is O=C(C1=CCCO1)c1ccc(Br)cc1Br. The zero-order valence-corrected chi connectivity index (χ0v) is 11.0. The molecule has 2 nitrogen and oxygen atoms in total. The van der Waals surface area contributed by atoms with E-state index in [1.165, 1.54) is 0 Å². The average Bonchev–Trinajstić information content (AvgIpc) is 2.69. The molecule has 78 valence electrons. The lowest BCUT2D eigenvalue weighted by Gasteiger charge is -2.05. The van der Waals surface area contributed by atoms with E-state index in [4.69, 9.17) is 4.74 Å². The molecule has 0 bridgehead atoms. The van der Waals surface area contributed by atoms with Crippen molar-refractivity contribution in [2.75, 3.05) is 6.61 Å². The molecule has 0 saturated carbocycles. The number of halogens is 2. The standard InChI is InChI=1S/C11H8Br2O2/c12-7-3-4-8(9(13)6-7)11(14)10-2-1-5-15-10/h2-4,6H,1,5H2. The number of ketones is 1. The number of carbonyl (C=O) groups excluding carboxylic acids is 1. The van der Waals surface area contributed by atoms with E-state index in [1.54, 1.807) is 6.07 Å². The maximum Gasteiger partial charge on any atom is 0.228 e. The Bertz CT molecular complexity index is 438. The summed E-state index contributed by atoms with van der Waals surface area (Å²) in [5.41, 5.74) is 0.631. The number of carbonyl (C=O) groups is 1. The predicted octanol–water partition coefficient (Wildman–Crippen LogP) is 3.70. The van der Waals surface area contributed by atoms with Gasteiger partial charge in [-0.25, -0.2) is 0 Å². The Morgan fingerprint density at radius 1 is 1.33 bits per heavy atom. The highest BCUT2D eigenvalue weighted by Crippen LogP contribution is 2.25. The molecule has 0 unspecified atom stereocenters. The highest BCUT2D eigenvalue weighted by atomic mass is 79.9. The van der Waals surface area contributed by atoms with Crippen LogP contribution in [0.15, 0.2) is 39.0 Å². The van der Waals surface area contributed by atoms with E-state index in [2.05, 4.69) is 31.9 Å². The second-order valence-electron chi connectivity index (χ2n) is 3.16. The van der Waals surface area contributed by atoms with Crippen molar-refractivity contribution in [2.24, 2.45) is 0 Å². The summed E-state index contributed by atoms with van der Waals surface area (Å²) in [7, 11) is 0. The van der Waals surface area contributed by atoms with Gasteiger partial charge in [0.15, 0.2) is 5.76 Å². The Morgan fingerprint density at radius 2 is 2.13 bits per heavy atom. The van der Waals surface area contributed by atoms with Crippen LogP contribution in [0.1, 0.15) is 16.8 Å². The van der Waals surface area contributed by atoms with E-state index in [-0.39, 0.29) is 5.78 Å². The molecule has 4 heteroatoms. The third kappa shape index (κ3) is 2.32. The van der Waals surface area contributed by atoms with E-state index in [0.29, 0.717) is 17.9 Å². The normalized spacial score (nSPS) is 14.7. The molecule has 0 spiro atoms. The summed E-state index contributed by atoms with van der Waals surface area (Å²) in [6.07, 6.45) is 2.64. The van der Waals surface area contributed by atoms with Gasteiger partial charge >= 0.3 is 0 Å². The van der Waals surface area contributed by atoms with Crippen LogP contribution in [0.5, 0.6) is 0 Å². The maximum absolute atomic E-state index is 11.9. The molecule has 0 fully saturated rings. The largest absolute Gasteiger partial charge is 0.489 e. The molecule has 0 atom stereocenters. The zero-order chi connectivity index (χ0) is 10.8. The van der Waals surface area contributed by atoms with Crippen LogP contribution < -0.4 is 0 Å². The Morgan fingerprint density at radius 3 is 2.73 bits per heavy atom. The third-order valence-electron chi connectivity index (χ3n) is 2.10.